The second-order valence-electron chi connectivity index (χ2n) is 6.31. The van der Waals surface area contributed by atoms with E-state index in [4.69, 9.17) is 21.1 Å². The van der Waals surface area contributed by atoms with Crippen LogP contribution in [0.1, 0.15) is 21.6 Å². The van der Waals surface area contributed by atoms with Gasteiger partial charge in [-0.3, -0.25) is 9.78 Å². The first-order valence-corrected chi connectivity index (χ1v) is 9.03. The first-order chi connectivity index (χ1) is 14.2. The van der Waals surface area contributed by atoms with Crippen molar-refractivity contribution in [3.63, 3.8) is 0 Å². The summed E-state index contributed by atoms with van der Waals surface area (Å²) in [5.74, 6) is -5.27. The summed E-state index contributed by atoms with van der Waals surface area (Å²) in [5, 5.41) is 2.54. The summed E-state index contributed by atoms with van der Waals surface area (Å²) >= 11 is 6.05. The van der Waals surface area contributed by atoms with Crippen LogP contribution < -0.4 is 14.8 Å². The van der Waals surface area contributed by atoms with Gasteiger partial charge in [0.2, 0.25) is 11.6 Å². The highest BCUT2D eigenvalue weighted by molar-refractivity contribution is 6.31. The van der Waals surface area contributed by atoms with Crippen LogP contribution in [0.5, 0.6) is 17.2 Å². The van der Waals surface area contributed by atoms with E-state index >= 15 is 0 Å². The minimum atomic E-state index is -1.29. The van der Waals surface area contributed by atoms with Gasteiger partial charge < -0.3 is 14.8 Å². The number of hydrogen-bond donors (Lipinski definition) is 1. The van der Waals surface area contributed by atoms with Crippen molar-refractivity contribution in [2.45, 2.75) is 13.8 Å². The summed E-state index contributed by atoms with van der Waals surface area (Å²) in [7, 11) is 1.12. The molecule has 0 unspecified atom stereocenters. The van der Waals surface area contributed by atoms with Crippen molar-refractivity contribution in [2.24, 2.45) is 0 Å². The van der Waals surface area contributed by atoms with Crippen molar-refractivity contribution in [3.8, 4) is 17.2 Å². The third-order valence-electron chi connectivity index (χ3n) is 4.23. The van der Waals surface area contributed by atoms with Gasteiger partial charge >= 0.3 is 0 Å². The van der Waals surface area contributed by atoms with E-state index in [0.29, 0.717) is 11.4 Å². The van der Waals surface area contributed by atoms with Gasteiger partial charge in [0.1, 0.15) is 17.1 Å². The Morgan fingerprint density at radius 3 is 2.47 bits per heavy atom. The van der Waals surface area contributed by atoms with E-state index in [2.05, 4.69) is 10.3 Å². The van der Waals surface area contributed by atoms with Gasteiger partial charge in [-0.25, -0.2) is 8.78 Å². The van der Waals surface area contributed by atoms with Gasteiger partial charge in [-0.2, -0.15) is 4.39 Å². The van der Waals surface area contributed by atoms with Crippen LogP contribution in [0.3, 0.4) is 0 Å². The fourth-order valence-electron chi connectivity index (χ4n) is 2.71. The Bertz CT molecular complexity index is 1140. The van der Waals surface area contributed by atoms with Crippen molar-refractivity contribution in [2.75, 3.05) is 12.4 Å². The molecule has 0 aliphatic rings. The maximum absolute atomic E-state index is 15.0. The van der Waals surface area contributed by atoms with Gasteiger partial charge in [-0.1, -0.05) is 11.6 Å². The molecule has 0 saturated carbocycles. The molecule has 156 valence electrons. The van der Waals surface area contributed by atoms with Crippen LogP contribution in [-0.4, -0.2) is 18.0 Å². The van der Waals surface area contributed by atoms with Crippen LogP contribution >= 0.6 is 11.6 Å². The highest BCUT2D eigenvalue weighted by atomic mass is 35.5. The Morgan fingerprint density at radius 2 is 1.80 bits per heavy atom. The lowest BCUT2D eigenvalue weighted by Gasteiger charge is -2.16. The summed E-state index contributed by atoms with van der Waals surface area (Å²) < 4.78 is 52.9. The first-order valence-electron chi connectivity index (χ1n) is 8.65. The molecule has 2 aromatic carbocycles. The molecular formula is C21H16ClF3N2O3. The van der Waals surface area contributed by atoms with Crippen molar-refractivity contribution in [3.05, 3.63) is 75.8 Å². The molecule has 0 atom stereocenters. The predicted molar refractivity (Wildman–Crippen MR) is 106 cm³/mol. The number of pyridine rings is 1. The fraction of sp³-hybridized carbons (Fsp3) is 0.143. The summed E-state index contributed by atoms with van der Waals surface area (Å²) in [4.78, 5) is 16.9. The van der Waals surface area contributed by atoms with E-state index in [0.717, 1.165) is 19.2 Å². The number of aryl methyl sites for hydroxylation is 1. The number of carbonyl (C=O) groups excluding carboxylic acids is 1. The Balaban J connectivity index is 2.07. The zero-order valence-corrected chi connectivity index (χ0v) is 16.9. The van der Waals surface area contributed by atoms with Gasteiger partial charge in [-0.05, 0) is 38.1 Å². The standard InChI is InChI=1S/C21H16ClF3N2O3/c1-10-8-12(6-7-26-10)27-21(28)17-16(9-13(22)11(2)18(17)24)30-15-5-4-14(23)19(25)20(15)29-3/h4-9H,1-3H3,(H,26,27,28). The molecule has 0 saturated heterocycles. The summed E-state index contributed by atoms with van der Waals surface area (Å²) in [5.41, 5.74) is 0.592. The average Bonchev–Trinajstić information content (AvgIpc) is 2.69. The van der Waals surface area contributed by atoms with E-state index < -0.39 is 34.7 Å². The molecule has 0 aliphatic heterocycles. The molecule has 0 fully saturated rings. The molecule has 0 bridgehead atoms. The number of amides is 1. The van der Waals surface area contributed by atoms with Crippen LogP contribution in [0.15, 0.2) is 36.5 Å². The number of carbonyl (C=O) groups is 1. The molecular weight excluding hydrogens is 421 g/mol. The summed E-state index contributed by atoms with van der Waals surface area (Å²) in [6, 6.07) is 6.25. The van der Waals surface area contributed by atoms with Crippen LogP contribution in [0, 0.1) is 31.3 Å². The van der Waals surface area contributed by atoms with Gasteiger partial charge in [-0.15, -0.1) is 0 Å². The molecule has 9 heteroatoms. The number of anilines is 1. The number of nitrogens with zero attached hydrogens (tertiary/aromatic N) is 1. The minimum absolute atomic E-state index is 0.0136. The molecule has 1 heterocycles. The third kappa shape index (κ3) is 4.18. The van der Waals surface area contributed by atoms with Gasteiger partial charge in [0.25, 0.3) is 5.91 Å². The number of hydrogen-bond acceptors (Lipinski definition) is 4. The molecule has 3 aromatic rings. The Kier molecular flexibility index (Phi) is 6.17. The number of nitrogens with one attached hydrogen (secondary N) is 1. The quantitative estimate of drug-likeness (QED) is 0.547. The van der Waals surface area contributed by atoms with Crippen molar-refractivity contribution >= 4 is 23.2 Å². The van der Waals surface area contributed by atoms with Crippen molar-refractivity contribution < 1.29 is 27.4 Å². The number of benzene rings is 2. The maximum Gasteiger partial charge on any atom is 0.262 e. The van der Waals surface area contributed by atoms with Crippen molar-refractivity contribution in [1.82, 2.24) is 4.98 Å². The first kappa shape index (κ1) is 21.4. The molecule has 5 nitrogen and oxygen atoms in total. The second kappa shape index (κ2) is 8.62. The molecule has 1 N–H and O–H groups in total. The van der Waals surface area contributed by atoms with Crippen LogP contribution in [0.25, 0.3) is 0 Å². The molecule has 1 aromatic heterocycles. The summed E-state index contributed by atoms with van der Waals surface area (Å²) in [6.45, 7) is 3.12. The number of ether oxygens (including phenoxy) is 2. The normalized spacial score (nSPS) is 10.6. The van der Waals surface area contributed by atoms with E-state index in [1.54, 1.807) is 13.0 Å². The monoisotopic (exact) mass is 436 g/mol. The number of aromatic nitrogens is 1. The Hall–Kier alpha value is -3.26. The maximum atomic E-state index is 15.0. The zero-order chi connectivity index (χ0) is 22.0. The minimum Gasteiger partial charge on any atom is -0.490 e. The lowest BCUT2D eigenvalue weighted by molar-refractivity contribution is 0.102. The summed E-state index contributed by atoms with van der Waals surface area (Å²) in [6.07, 6.45) is 1.48. The zero-order valence-electron chi connectivity index (χ0n) is 16.1. The average molecular weight is 437 g/mol. The van der Waals surface area contributed by atoms with Crippen LogP contribution in [-0.2, 0) is 0 Å². The highest BCUT2D eigenvalue weighted by Crippen LogP contribution is 2.39. The van der Waals surface area contributed by atoms with E-state index in [-0.39, 0.29) is 22.1 Å². The van der Waals surface area contributed by atoms with Crippen LogP contribution in [0.4, 0.5) is 18.9 Å². The molecule has 0 aliphatic carbocycles. The van der Waals surface area contributed by atoms with E-state index in [9.17, 15) is 18.0 Å². The van der Waals surface area contributed by atoms with Gasteiger partial charge in [0.15, 0.2) is 11.6 Å². The molecule has 0 radical (unpaired) electrons. The molecule has 3 rings (SSSR count). The lowest BCUT2D eigenvalue weighted by Crippen LogP contribution is -2.16. The van der Waals surface area contributed by atoms with Crippen molar-refractivity contribution in [1.29, 1.82) is 0 Å². The Morgan fingerprint density at radius 1 is 1.07 bits per heavy atom. The highest BCUT2D eigenvalue weighted by Gasteiger charge is 2.25. The second-order valence-corrected chi connectivity index (χ2v) is 6.71. The predicted octanol–water partition coefficient (Wildman–Crippen LogP) is 5.82. The number of methoxy groups -OCH3 is 1. The van der Waals surface area contributed by atoms with Crippen LogP contribution in [0.2, 0.25) is 5.02 Å². The SMILES string of the molecule is COc1c(Oc2cc(Cl)c(C)c(F)c2C(=O)Nc2ccnc(C)c2)ccc(F)c1F. The Labute approximate surface area is 175 Å². The van der Waals surface area contributed by atoms with E-state index in [1.165, 1.54) is 25.3 Å². The smallest absolute Gasteiger partial charge is 0.262 e. The largest absolute Gasteiger partial charge is 0.490 e. The fourth-order valence-corrected chi connectivity index (χ4v) is 2.89. The topological polar surface area (TPSA) is 60.5 Å². The van der Waals surface area contributed by atoms with Gasteiger partial charge in [0, 0.05) is 29.2 Å². The van der Waals surface area contributed by atoms with Gasteiger partial charge in [0.05, 0.1) is 12.1 Å². The lowest BCUT2D eigenvalue weighted by atomic mass is 10.1. The number of rotatable bonds is 5. The van der Waals surface area contributed by atoms with E-state index in [1.807, 2.05) is 0 Å². The third-order valence-corrected chi connectivity index (χ3v) is 4.62. The number of halogens is 4. The molecule has 1 amide bonds. The molecule has 30 heavy (non-hydrogen) atoms. The molecule has 0 spiro atoms.